The summed E-state index contributed by atoms with van der Waals surface area (Å²) in [6.07, 6.45) is 2.56. The fourth-order valence-corrected chi connectivity index (χ4v) is 3.34. The maximum absolute atomic E-state index is 12.8. The fourth-order valence-electron chi connectivity index (χ4n) is 2.94. The van der Waals surface area contributed by atoms with Crippen LogP contribution in [-0.2, 0) is 7.05 Å². The van der Waals surface area contributed by atoms with Crippen molar-refractivity contribution in [3.05, 3.63) is 58.7 Å². The quantitative estimate of drug-likeness (QED) is 0.677. The van der Waals surface area contributed by atoms with Gasteiger partial charge >= 0.3 is 0 Å². The molecule has 1 amide bonds. The summed E-state index contributed by atoms with van der Waals surface area (Å²) in [5.41, 5.74) is 2.61. The first-order chi connectivity index (χ1) is 13.1. The number of nitrogens with zero attached hydrogens (tertiary/aromatic N) is 2. The van der Waals surface area contributed by atoms with Gasteiger partial charge in [0.2, 0.25) is 0 Å². The molecule has 4 rings (SSSR count). The summed E-state index contributed by atoms with van der Waals surface area (Å²) in [6, 6.07) is 13.1. The van der Waals surface area contributed by atoms with Gasteiger partial charge in [-0.05, 0) is 36.4 Å². The van der Waals surface area contributed by atoms with E-state index in [-0.39, 0.29) is 5.91 Å². The fraction of sp³-hybridized carbons (Fsp3) is 0.200. The molecule has 0 aliphatic carbocycles. The number of carbonyl (C=O) groups is 1. The average Bonchev–Trinajstić information content (AvgIpc) is 2.89. The lowest BCUT2D eigenvalue weighted by molar-refractivity contribution is 0.102. The van der Waals surface area contributed by atoms with Gasteiger partial charge in [-0.3, -0.25) is 9.48 Å². The number of benzene rings is 2. The van der Waals surface area contributed by atoms with Crippen molar-refractivity contribution in [2.75, 3.05) is 18.5 Å². The molecule has 0 fully saturated rings. The van der Waals surface area contributed by atoms with E-state index in [0.29, 0.717) is 41.7 Å². The highest BCUT2D eigenvalue weighted by Gasteiger charge is 2.20. The van der Waals surface area contributed by atoms with Gasteiger partial charge in [-0.25, -0.2) is 0 Å². The van der Waals surface area contributed by atoms with Gasteiger partial charge < -0.3 is 14.8 Å². The number of anilines is 1. The first kappa shape index (κ1) is 17.6. The molecule has 2 heterocycles. The largest absolute Gasteiger partial charge is 0.490 e. The van der Waals surface area contributed by atoms with Crippen LogP contribution in [0, 0.1) is 0 Å². The molecule has 138 valence electrons. The summed E-state index contributed by atoms with van der Waals surface area (Å²) in [6.45, 7) is 1.24. The second-order valence-electron chi connectivity index (χ2n) is 6.24. The highest BCUT2D eigenvalue weighted by atomic mass is 79.9. The van der Waals surface area contributed by atoms with Gasteiger partial charge in [-0.15, -0.1) is 0 Å². The number of rotatable bonds is 3. The monoisotopic (exact) mass is 427 g/mol. The van der Waals surface area contributed by atoms with E-state index in [1.165, 1.54) is 0 Å². The Bertz CT molecular complexity index is 1000. The molecule has 2 aromatic carbocycles. The number of aryl methyl sites for hydroxylation is 1. The van der Waals surface area contributed by atoms with Crippen molar-refractivity contribution in [1.29, 1.82) is 0 Å². The Hall–Kier alpha value is -2.80. The molecule has 0 saturated carbocycles. The molecule has 3 aromatic rings. The third-order valence-electron chi connectivity index (χ3n) is 4.18. The zero-order chi connectivity index (χ0) is 18.8. The number of hydrogen-bond donors (Lipinski definition) is 1. The van der Waals surface area contributed by atoms with Crippen LogP contribution in [0.3, 0.4) is 0 Å². The normalized spacial score (nSPS) is 13.1. The molecule has 1 N–H and O–H groups in total. The Kier molecular flexibility index (Phi) is 4.85. The smallest absolute Gasteiger partial charge is 0.259 e. The Morgan fingerprint density at radius 1 is 1.15 bits per heavy atom. The molecule has 0 unspecified atom stereocenters. The van der Waals surface area contributed by atoms with Crippen LogP contribution in [0.4, 0.5) is 5.69 Å². The Balaban J connectivity index is 1.67. The number of halogens is 1. The van der Waals surface area contributed by atoms with Crippen LogP contribution in [0.5, 0.6) is 11.5 Å². The molecule has 0 atom stereocenters. The first-order valence-corrected chi connectivity index (χ1v) is 9.40. The third kappa shape index (κ3) is 3.83. The topological polar surface area (TPSA) is 65.4 Å². The highest BCUT2D eigenvalue weighted by molar-refractivity contribution is 9.10. The van der Waals surface area contributed by atoms with Crippen LogP contribution in [-0.4, -0.2) is 28.9 Å². The molecule has 0 bridgehead atoms. The molecule has 1 aliphatic rings. The van der Waals surface area contributed by atoms with Crippen molar-refractivity contribution in [3.63, 3.8) is 0 Å². The van der Waals surface area contributed by atoms with Gasteiger partial charge in [0.15, 0.2) is 11.5 Å². The van der Waals surface area contributed by atoms with Crippen LogP contribution in [0.15, 0.2) is 53.1 Å². The zero-order valence-electron chi connectivity index (χ0n) is 14.7. The van der Waals surface area contributed by atoms with E-state index in [9.17, 15) is 4.79 Å². The number of aromatic nitrogens is 2. The number of hydrogen-bond acceptors (Lipinski definition) is 4. The van der Waals surface area contributed by atoms with Gasteiger partial charge in [0.05, 0.1) is 18.8 Å². The summed E-state index contributed by atoms with van der Waals surface area (Å²) in [4.78, 5) is 12.8. The average molecular weight is 428 g/mol. The highest BCUT2D eigenvalue weighted by Crippen LogP contribution is 2.35. The summed E-state index contributed by atoms with van der Waals surface area (Å²) < 4.78 is 14.0. The maximum atomic E-state index is 12.8. The Labute approximate surface area is 165 Å². The Morgan fingerprint density at radius 2 is 1.96 bits per heavy atom. The van der Waals surface area contributed by atoms with E-state index in [4.69, 9.17) is 9.47 Å². The molecular weight excluding hydrogens is 410 g/mol. The summed E-state index contributed by atoms with van der Waals surface area (Å²) in [5, 5.41) is 7.40. The second kappa shape index (κ2) is 7.44. The number of nitrogens with one attached hydrogen (secondary N) is 1. The predicted molar refractivity (Wildman–Crippen MR) is 106 cm³/mol. The van der Waals surface area contributed by atoms with Crippen molar-refractivity contribution < 1.29 is 14.3 Å². The zero-order valence-corrected chi connectivity index (χ0v) is 16.3. The maximum Gasteiger partial charge on any atom is 0.259 e. The van der Waals surface area contributed by atoms with E-state index in [0.717, 1.165) is 16.5 Å². The van der Waals surface area contributed by atoms with Gasteiger partial charge in [0, 0.05) is 35.4 Å². The van der Waals surface area contributed by atoms with E-state index < -0.39 is 0 Å². The summed E-state index contributed by atoms with van der Waals surface area (Å²) in [7, 11) is 1.79. The summed E-state index contributed by atoms with van der Waals surface area (Å²) in [5.74, 6) is 1.17. The van der Waals surface area contributed by atoms with Crippen molar-refractivity contribution in [3.8, 4) is 22.8 Å². The third-order valence-corrected chi connectivity index (χ3v) is 4.67. The van der Waals surface area contributed by atoms with Crippen LogP contribution in [0.2, 0.25) is 0 Å². The number of carbonyl (C=O) groups excluding carboxylic acids is 1. The summed E-state index contributed by atoms with van der Waals surface area (Å²) >= 11 is 3.41. The van der Waals surface area contributed by atoms with E-state index in [1.54, 1.807) is 17.9 Å². The van der Waals surface area contributed by atoms with Crippen molar-refractivity contribution in [2.45, 2.75) is 6.42 Å². The molecule has 6 nitrogen and oxygen atoms in total. The van der Waals surface area contributed by atoms with Gasteiger partial charge in [0.1, 0.15) is 5.69 Å². The van der Waals surface area contributed by atoms with Crippen LogP contribution in [0.1, 0.15) is 16.8 Å². The lowest BCUT2D eigenvalue weighted by Gasteiger charge is -2.09. The van der Waals surface area contributed by atoms with E-state index >= 15 is 0 Å². The van der Waals surface area contributed by atoms with Crippen molar-refractivity contribution in [2.24, 2.45) is 7.05 Å². The second-order valence-corrected chi connectivity index (χ2v) is 7.16. The lowest BCUT2D eigenvalue weighted by atomic mass is 10.1. The Morgan fingerprint density at radius 3 is 2.78 bits per heavy atom. The van der Waals surface area contributed by atoms with Crippen LogP contribution < -0.4 is 14.8 Å². The van der Waals surface area contributed by atoms with Gasteiger partial charge in [-0.1, -0.05) is 22.0 Å². The minimum atomic E-state index is -0.219. The first-order valence-electron chi connectivity index (χ1n) is 8.61. The SMILES string of the molecule is Cn1cc(C(=O)Nc2cccc(Br)c2)c(-c2ccc3c(c2)OCCCO3)n1. The standard InChI is InChI=1S/C20H18BrN3O3/c1-24-12-16(20(25)22-15-5-2-4-14(21)11-15)19(23-24)13-6-7-17-18(10-13)27-9-3-8-26-17/h2,4-7,10-12H,3,8-9H2,1H3,(H,22,25). The van der Waals surface area contributed by atoms with Crippen LogP contribution in [0.25, 0.3) is 11.3 Å². The minimum absolute atomic E-state index is 0.219. The molecule has 1 aliphatic heterocycles. The molecule has 27 heavy (non-hydrogen) atoms. The molecular formula is C20H18BrN3O3. The van der Waals surface area contributed by atoms with Crippen molar-refractivity contribution >= 4 is 27.5 Å². The van der Waals surface area contributed by atoms with E-state index in [1.807, 2.05) is 42.5 Å². The number of ether oxygens (including phenoxy) is 2. The van der Waals surface area contributed by atoms with Crippen molar-refractivity contribution in [1.82, 2.24) is 9.78 Å². The molecule has 1 aromatic heterocycles. The van der Waals surface area contributed by atoms with Gasteiger partial charge in [0.25, 0.3) is 5.91 Å². The number of amides is 1. The van der Waals surface area contributed by atoms with E-state index in [2.05, 4.69) is 26.3 Å². The lowest BCUT2D eigenvalue weighted by Crippen LogP contribution is -2.12. The molecule has 7 heteroatoms. The minimum Gasteiger partial charge on any atom is -0.490 e. The molecule has 0 radical (unpaired) electrons. The molecule has 0 spiro atoms. The molecule has 0 saturated heterocycles. The number of fused-ring (bicyclic) bond motifs is 1. The van der Waals surface area contributed by atoms with Gasteiger partial charge in [-0.2, -0.15) is 5.10 Å². The van der Waals surface area contributed by atoms with Crippen LogP contribution >= 0.6 is 15.9 Å². The predicted octanol–water partition coefficient (Wildman–Crippen LogP) is 4.26.